The van der Waals surface area contributed by atoms with Crippen LogP contribution < -0.4 is 0 Å². The van der Waals surface area contributed by atoms with Crippen LogP contribution in [-0.4, -0.2) is 38.2 Å². The summed E-state index contributed by atoms with van der Waals surface area (Å²) in [6.45, 7) is 2.98. The van der Waals surface area contributed by atoms with Crippen molar-refractivity contribution in [1.29, 1.82) is 5.26 Å². The molecule has 5 rings (SSSR count). The Morgan fingerprint density at radius 2 is 1.83 bits per heavy atom. The number of aromatic amines is 2. The van der Waals surface area contributed by atoms with E-state index in [-0.39, 0.29) is 0 Å². The highest BCUT2D eigenvalue weighted by Gasteiger charge is 2.20. The molecule has 4 aromatic rings. The van der Waals surface area contributed by atoms with Crippen LogP contribution >= 0.6 is 0 Å². The van der Waals surface area contributed by atoms with Crippen LogP contribution in [0, 0.1) is 17.2 Å². The minimum absolute atomic E-state index is 0.655. The number of nitrogens with zero attached hydrogens (tertiary/aromatic N) is 4. The lowest BCUT2D eigenvalue weighted by atomic mass is 9.90. The zero-order valence-electron chi connectivity index (χ0n) is 16.8. The van der Waals surface area contributed by atoms with Crippen LogP contribution in [0.3, 0.4) is 0 Å². The van der Waals surface area contributed by atoms with Gasteiger partial charge in [0.25, 0.3) is 0 Å². The van der Waals surface area contributed by atoms with E-state index in [1.807, 2.05) is 24.3 Å². The van der Waals surface area contributed by atoms with Crippen molar-refractivity contribution in [3.05, 3.63) is 71.5 Å². The van der Waals surface area contributed by atoms with E-state index in [9.17, 15) is 0 Å². The molecule has 0 atom stereocenters. The average Bonchev–Trinajstić information content (AvgIpc) is 3.42. The van der Waals surface area contributed by atoms with E-state index in [0.717, 1.165) is 53.8 Å². The van der Waals surface area contributed by atoms with Crippen molar-refractivity contribution in [3.8, 4) is 17.6 Å². The van der Waals surface area contributed by atoms with Crippen LogP contribution in [0.25, 0.3) is 22.4 Å². The van der Waals surface area contributed by atoms with Crippen molar-refractivity contribution in [2.45, 2.75) is 25.8 Å². The minimum atomic E-state index is 0.655. The molecule has 0 saturated carbocycles. The lowest BCUT2D eigenvalue weighted by Crippen LogP contribution is -2.34. The Bertz CT molecular complexity index is 1180. The van der Waals surface area contributed by atoms with Crippen LogP contribution in [0.5, 0.6) is 0 Å². The first kappa shape index (κ1) is 18.6. The van der Waals surface area contributed by atoms with Gasteiger partial charge in [-0.2, -0.15) is 5.26 Å². The lowest BCUT2D eigenvalue weighted by molar-refractivity contribution is 0.173. The third-order valence-electron chi connectivity index (χ3n) is 5.99. The van der Waals surface area contributed by atoms with Crippen molar-refractivity contribution >= 4 is 10.9 Å². The van der Waals surface area contributed by atoms with Crippen molar-refractivity contribution in [1.82, 2.24) is 25.1 Å². The molecular formula is C24H24N6. The van der Waals surface area contributed by atoms with Crippen molar-refractivity contribution in [3.63, 3.8) is 0 Å². The van der Waals surface area contributed by atoms with E-state index >= 15 is 0 Å². The van der Waals surface area contributed by atoms with Crippen molar-refractivity contribution in [2.24, 2.45) is 5.92 Å². The Kier molecular flexibility index (Phi) is 5.04. The number of hydrogen-bond donors (Lipinski definition) is 2. The molecule has 6 heteroatoms. The normalized spacial score (nSPS) is 15.4. The summed E-state index contributed by atoms with van der Waals surface area (Å²) < 4.78 is 0. The highest BCUT2D eigenvalue weighted by Crippen LogP contribution is 2.24. The highest BCUT2D eigenvalue weighted by molar-refractivity contribution is 5.85. The number of nitrogens with one attached hydrogen (secondary N) is 2. The van der Waals surface area contributed by atoms with Gasteiger partial charge in [-0.1, -0.05) is 30.3 Å². The Balaban J connectivity index is 1.20. The van der Waals surface area contributed by atoms with E-state index in [2.05, 4.69) is 61.5 Å². The predicted molar refractivity (Wildman–Crippen MR) is 117 cm³/mol. The van der Waals surface area contributed by atoms with E-state index in [4.69, 9.17) is 5.26 Å². The third kappa shape index (κ3) is 3.98. The van der Waals surface area contributed by atoms with Gasteiger partial charge in [-0.15, -0.1) is 10.2 Å². The number of nitriles is 1. The van der Waals surface area contributed by atoms with Crippen LogP contribution in [-0.2, 0) is 13.0 Å². The molecule has 0 amide bonds. The first-order valence-electron chi connectivity index (χ1n) is 10.5. The van der Waals surface area contributed by atoms with Gasteiger partial charge in [-0.3, -0.25) is 4.90 Å². The molecule has 6 nitrogen and oxygen atoms in total. The molecule has 0 spiro atoms. The van der Waals surface area contributed by atoms with Gasteiger partial charge in [-0.05, 0) is 68.1 Å². The number of piperidine rings is 1. The number of hydrogen-bond acceptors (Lipinski definition) is 4. The second-order valence-electron chi connectivity index (χ2n) is 8.13. The monoisotopic (exact) mass is 396 g/mol. The fourth-order valence-electron chi connectivity index (χ4n) is 4.33. The summed E-state index contributed by atoms with van der Waals surface area (Å²) in [5, 5.41) is 18.8. The van der Waals surface area contributed by atoms with Gasteiger partial charge < -0.3 is 9.97 Å². The summed E-state index contributed by atoms with van der Waals surface area (Å²) in [6.07, 6.45) is 3.62. The first-order chi connectivity index (χ1) is 14.8. The third-order valence-corrected chi connectivity index (χ3v) is 5.99. The molecule has 2 aromatic carbocycles. The number of likely N-dealkylation sites (tertiary alicyclic amines) is 1. The smallest absolute Gasteiger partial charge is 0.177 e. The molecule has 150 valence electrons. The quantitative estimate of drug-likeness (QED) is 0.527. The zero-order valence-corrected chi connectivity index (χ0v) is 16.8. The molecule has 1 aliphatic rings. The summed E-state index contributed by atoms with van der Waals surface area (Å²) >= 11 is 0. The van der Waals surface area contributed by atoms with Crippen LogP contribution in [0.15, 0.2) is 54.6 Å². The molecule has 0 bridgehead atoms. The fraction of sp³-hybridized carbons (Fsp3) is 0.292. The topological polar surface area (TPSA) is 84.4 Å². The van der Waals surface area contributed by atoms with Gasteiger partial charge in [0.1, 0.15) is 5.82 Å². The average molecular weight is 396 g/mol. The number of aromatic nitrogens is 4. The van der Waals surface area contributed by atoms with E-state index in [1.165, 1.54) is 24.8 Å². The summed E-state index contributed by atoms with van der Waals surface area (Å²) in [7, 11) is 0. The van der Waals surface area contributed by atoms with E-state index in [0.29, 0.717) is 5.56 Å². The SMILES string of the molecule is N#Cc1ccc2[nH]c(-c3nnc(CN4CCC(Cc5ccccc5)CC4)[nH]3)cc2c1. The zero-order chi connectivity index (χ0) is 20.3. The molecule has 0 radical (unpaired) electrons. The largest absolute Gasteiger partial charge is 0.352 e. The van der Waals surface area contributed by atoms with Gasteiger partial charge in [0, 0.05) is 10.9 Å². The predicted octanol–water partition coefficient (Wildman–Crippen LogP) is 4.28. The summed E-state index contributed by atoms with van der Waals surface area (Å²) in [5.41, 5.74) is 3.97. The molecule has 0 aliphatic carbocycles. The maximum Gasteiger partial charge on any atom is 0.177 e. The summed E-state index contributed by atoms with van der Waals surface area (Å²) in [5.74, 6) is 2.39. The molecule has 2 N–H and O–H groups in total. The first-order valence-corrected chi connectivity index (χ1v) is 10.5. The molecule has 2 aromatic heterocycles. The fourth-order valence-corrected chi connectivity index (χ4v) is 4.33. The molecule has 1 saturated heterocycles. The van der Waals surface area contributed by atoms with Gasteiger partial charge in [-0.25, -0.2) is 0 Å². The van der Waals surface area contributed by atoms with Gasteiger partial charge >= 0.3 is 0 Å². The molecule has 1 fully saturated rings. The lowest BCUT2D eigenvalue weighted by Gasteiger charge is -2.31. The Morgan fingerprint density at radius 1 is 1.00 bits per heavy atom. The highest BCUT2D eigenvalue weighted by atomic mass is 15.3. The van der Waals surface area contributed by atoms with E-state index in [1.54, 1.807) is 0 Å². The van der Waals surface area contributed by atoms with Crippen molar-refractivity contribution in [2.75, 3.05) is 13.1 Å². The standard InChI is InChI=1S/C24H24N6/c25-15-19-6-7-21-20(13-19)14-22(26-21)24-27-23(28-29-24)16-30-10-8-18(9-11-30)12-17-4-2-1-3-5-17/h1-7,13-14,18,26H,8-12,16H2,(H,27,28,29). The van der Waals surface area contributed by atoms with Gasteiger partial charge in [0.15, 0.2) is 5.82 Å². The number of H-pyrrole nitrogens is 2. The van der Waals surface area contributed by atoms with Crippen LogP contribution in [0.4, 0.5) is 0 Å². The summed E-state index contributed by atoms with van der Waals surface area (Å²) in [6, 6.07) is 20.6. The summed E-state index contributed by atoms with van der Waals surface area (Å²) in [4.78, 5) is 9.16. The van der Waals surface area contributed by atoms with Crippen LogP contribution in [0.1, 0.15) is 29.8 Å². The van der Waals surface area contributed by atoms with Gasteiger partial charge in [0.05, 0.1) is 23.9 Å². The van der Waals surface area contributed by atoms with Gasteiger partial charge in [0.2, 0.25) is 0 Å². The second kappa shape index (κ2) is 8.13. The molecular weight excluding hydrogens is 372 g/mol. The van der Waals surface area contributed by atoms with Crippen molar-refractivity contribution < 1.29 is 0 Å². The number of rotatable bonds is 5. The Morgan fingerprint density at radius 3 is 2.63 bits per heavy atom. The van der Waals surface area contributed by atoms with Crippen LogP contribution in [0.2, 0.25) is 0 Å². The van der Waals surface area contributed by atoms with E-state index < -0.39 is 0 Å². The Labute approximate surface area is 175 Å². The maximum absolute atomic E-state index is 9.08. The molecule has 0 unspecified atom stereocenters. The number of fused-ring (bicyclic) bond motifs is 1. The molecule has 30 heavy (non-hydrogen) atoms. The molecule has 3 heterocycles. The number of benzene rings is 2. The Hall–Kier alpha value is -3.43. The molecule has 1 aliphatic heterocycles. The second-order valence-corrected chi connectivity index (χ2v) is 8.13. The maximum atomic E-state index is 9.08. The minimum Gasteiger partial charge on any atom is -0.352 e.